The largest absolute Gasteiger partial charge is 0.481 e. The minimum absolute atomic E-state index is 0.0378. The monoisotopic (exact) mass is 248 g/mol. The number of aliphatic carboxylic acids is 1. The fourth-order valence-corrected chi connectivity index (χ4v) is 2.43. The summed E-state index contributed by atoms with van der Waals surface area (Å²) in [5, 5.41) is 8.73. The third-order valence-electron chi connectivity index (χ3n) is 2.39. The maximum Gasteiger partial charge on any atom is 0.304 e. The Bertz CT molecular complexity index is 204. The molecule has 0 spiro atoms. The van der Waals surface area contributed by atoms with Gasteiger partial charge in [-0.1, -0.05) is 6.92 Å². The summed E-state index contributed by atoms with van der Waals surface area (Å²) in [5.74, 6) is 0.0884. The van der Waals surface area contributed by atoms with E-state index in [1.165, 1.54) is 6.42 Å². The number of ether oxygens (including phenoxy) is 2. The summed E-state index contributed by atoms with van der Waals surface area (Å²) in [6.07, 6.45) is 3.46. The number of hydrogen-bond acceptors (Lipinski definition) is 4. The minimum atomic E-state index is -0.739. The molecule has 0 bridgehead atoms. The van der Waals surface area contributed by atoms with E-state index >= 15 is 0 Å². The van der Waals surface area contributed by atoms with E-state index in [0.717, 1.165) is 25.2 Å². The van der Waals surface area contributed by atoms with Crippen molar-refractivity contribution in [1.82, 2.24) is 0 Å². The lowest BCUT2D eigenvalue weighted by Crippen LogP contribution is -2.23. The van der Waals surface area contributed by atoms with E-state index in [-0.39, 0.29) is 18.0 Å². The first kappa shape index (κ1) is 13.8. The summed E-state index contributed by atoms with van der Waals surface area (Å²) in [6, 6.07) is 0. The van der Waals surface area contributed by atoms with E-state index in [1.807, 2.05) is 6.92 Å². The topological polar surface area (TPSA) is 55.8 Å². The van der Waals surface area contributed by atoms with Gasteiger partial charge in [-0.2, -0.15) is 11.8 Å². The lowest BCUT2D eigenvalue weighted by Gasteiger charge is -2.22. The molecule has 16 heavy (non-hydrogen) atoms. The number of hydrogen-bond donors (Lipinski definition) is 1. The maximum atomic E-state index is 10.4. The van der Waals surface area contributed by atoms with Crippen LogP contribution in [-0.4, -0.2) is 41.6 Å². The number of carboxylic acids is 1. The van der Waals surface area contributed by atoms with E-state index in [0.29, 0.717) is 6.61 Å². The van der Waals surface area contributed by atoms with Crippen molar-refractivity contribution >= 4 is 17.7 Å². The summed E-state index contributed by atoms with van der Waals surface area (Å²) in [7, 11) is 0. The van der Waals surface area contributed by atoms with Gasteiger partial charge in [0.15, 0.2) is 6.29 Å². The maximum absolute atomic E-state index is 10.4. The summed E-state index contributed by atoms with van der Waals surface area (Å²) in [6.45, 7) is 3.36. The van der Waals surface area contributed by atoms with Gasteiger partial charge in [-0.3, -0.25) is 4.79 Å². The second-order valence-corrected chi connectivity index (χ2v) is 5.49. The molecule has 94 valence electrons. The molecule has 1 rings (SSSR count). The standard InChI is InChI=1S/C11H20O4S/c1-9(8-10(12)13)16-7-6-15-11-4-2-3-5-14-11/h9,11H,2-8H2,1H3,(H,12,13). The Morgan fingerprint density at radius 1 is 1.62 bits per heavy atom. The Morgan fingerprint density at radius 2 is 2.44 bits per heavy atom. The van der Waals surface area contributed by atoms with Gasteiger partial charge in [-0.05, 0) is 19.3 Å². The SMILES string of the molecule is CC(CC(=O)O)SCCOC1CCCCO1. The molecule has 0 aromatic heterocycles. The van der Waals surface area contributed by atoms with Crippen LogP contribution in [-0.2, 0) is 14.3 Å². The van der Waals surface area contributed by atoms with Crippen LogP contribution in [0.5, 0.6) is 0 Å². The molecule has 4 nitrogen and oxygen atoms in total. The van der Waals surface area contributed by atoms with Gasteiger partial charge < -0.3 is 14.6 Å². The fraction of sp³-hybridized carbons (Fsp3) is 0.909. The molecular formula is C11H20O4S. The summed E-state index contributed by atoms with van der Waals surface area (Å²) < 4.78 is 11.0. The lowest BCUT2D eigenvalue weighted by atomic mass is 10.2. The molecule has 0 aromatic rings. The quantitative estimate of drug-likeness (QED) is 0.699. The predicted molar refractivity (Wildman–Crippen MR) is 63.7 cm³/mol. The van der Waals surface area contributed by atoms with Crippen molar-refractivity contribution in [2.45, 2.75) is 44.1 Å². The van der Waals surface area contributed by atoms with Crippen LogP contribution in [0.2, 0.25) is 0 Å². The first-order valence-electron chi connectivity index (χ1n) is 5.75. The zero-order valence-corrected chi connectivity index (χ0v) is 10.5. The second kappa shape index (κ2) is 7.92. The van der Waals surface area contributed by atoms with E-state index in [1.54, 1.807) is 11.8 Å². The van der Waals surface area contributed by atoms with Crippen LogP contribution in [0, 0.1) is 0 Å². The molecule has 2 atom stereocenters. The van der Waals surface area contributed by atoms with Gasteiger partial charge in [0.05, 0.1) is 13.0 Å². The Balaban J connectivity index is 1.96. The second-order valence-electron chi connectivity index (χ2n) is 3.95. The fourth-order valence-electron chi connectivity index (χ4n) is 1.58. The first-order valence-corrected chi connectivity index (χ1v) is 6.80. The van der Waals surface area contributed by atoms with Crippen LogP contribution in [0.3, 0.4) is 0 Å². The molecule has 0 saturated carbocycles. The van der Waals surface area contributed by atoms with Gasteiger partial charge in [0.25, 0.3) is 0 Å². The Kier molecular flexibility index (Phi) is 6.84. The van der Waals surface area contributed by atoms with E-state index in [2.05, 4.69) is 0 Å². The first-order chi connectivity index (χ1) is 7.68. The van der Waals surface area contributed by atoms with E-state index in [9.17, 15) is 4.79 Å². The Morgan fingerprint density at radius 3 is 3.06 bits per heavy atom. The van der Waals surface area contributed by atoms with Crippen molar-refractivity contribution in [3.63, 3.8) is 0 Å². The highest BCUT2D eigenvalue weighted by molar-refractivity contribution is 7.99. The Hall–Kier alpha value is -0.260. The molecule has 1 aliphatic heterocycles. The van der Waals surface area contributed by atoms with Gasteiger partial charge in [0, 0.05) is 17.6 Å². The molecule has 1 N–H and O–H groups in total. The van der Waals surface area contributed by atoms with Crippen molar-refractivity contribution in [2.24, 2.45) is 0 Å². The van der Waals surface area contributed by atoms with Gasteiger partial charge in [0.1, 0.15) is 0 Å². The van der Waals surface area contributed by atoms with Crippen molar-refractivity contribution < 1.29 is 19.4 Å². The average molecular weight is 248 g/mol. The summed E-state index contributed by atoms with van der Waals surface area (Å²) >= 11 is 1.63. The minimum Gasteiger partial charge on any atom is -0.481 e. The smallest absolute Gasteiger partial charge is 0.304 e. The van der Waals surface area contributed by atoms with E-state index in [4.69, 9.17) is 14.6 Å². The summed E-state index contributed by atoms with van der Waals surface area (Å²) in [4.78, 5) is 10.4. The predicted octanol–water partition coefficient (Wildman–Crippen LogP) is 2.13. The number of carbonyl (C=O) groups is 1. The number of thioether (sulfide) groups is 1. The highest BCUT2D eigenvalue weighted by Crippen LogP contribution is 2.16. The van der Waals surface area contributed by atoms with Gasteiger partial charge in [-0.15, -0.1) is 0 Å². The zero-order valence-electron chi connectivity index (χ0n) is 9.68. The average Bonchev–Trinajstić information content (AvgIpc) is 2.25. The van der Waals surface area contributed by atoms with Gasteiger partial charge in [-0.25, -0.2) is 0 Å². The molecule has 0 aliphatic carbocycles. The molecule has 2 unspecified atom stereocenters. The zero-order chi connectivity index (χ0) is 11.8. The third kappa shape index (κ3) is 6.35. The van der Waals surface area contributed by atoms with Crippen molar-refractivity contribution in [3.8, 4) is 0 Å². The van der Waals surface area contributed by atoms with Crippen molar-refractivity contribution in [1.29, 1.82) is 0 Å². The molecule has 0 aromatic carbocycles. The molecule has 1 heterocycles. The molecule has 1 aliphatic rings. The molecule has 1 saturated heterocycles. The highest BCUT2D eigenvalue weighted by atomic mass is 32.2. The van der Waals surface area contributed by atoms with Crippen LogP contribution in [0.1, 0.15) is 32.6 Å². The lowest BCUT2D eigenvalue weighted by molar-refractivity contribution is -0.158. The summed E-state index contributed by atoms with van der Waals surface area (Å²) in [5.41, 5.74) is 0. The molecular weight excluding hydrogens is 228 g/mol. The van der Waals surface area contributed by atoms with Crippen molar-refractivity contribution in [2.75, 3.05) is 19.0 Å². The van der Waals surface area contributed by atoms with Crippen LogP contribution < -0.4 is 0 Å². The van der Waals surface area contributed by atoms with Crippen molar-refractivity contribution in [3.05, 3.63) is 0 Å². The molecule has 0 radical (unpaired) electrons. The van der Waals surface area contributed by atoms with Gasteiger partial charge >= 0.3 is 5.97 Å². The van der Waals surface area contributed by atoms with Crippen LogP contribution >= 0.6 is 11.8 Å². The Labute approximate surface area is 101 Å². The molecule has 0 amide bonds. The number of rotatable bonds is 7. The number of carboxylic acid groups (broad SMARTS) is 1. The third-order valence-corrected chi connectivity index (χ3v) is 3.53. The van der Waals surface area contributed by atoms with Crippen LogP contribution in [0.15, 0.2) is 0 Å². The highest BCUT2D eigenvalue weighted by Gasteiger charge is 2.14. The normalized spacial score (nSPS) is 22.9. The van der Waals surface area contributed by atoms with Gasteiger partial charge in [0.2, 0.25) is 0 Å². The molecule has 5 heteroatoms. The van der Waals surface area contributed by atoms with E-state index < -0.39 is 5.97 Å². The van der Waals surface area contributed by atoms with Crippen LogP contribution in [0.25, 0.3) is 0 Å². The molecule has 1 fully saturated rings. The van der Waals surface area contributed by atoms with Crippen LogP contribution in [0.4, 0.5) is 0 Å².